The van der Waals surface area contributed by atoms with Gasteiger partial charge in [-0.2, -0.15) is 0 Å². The summed E-state index contributed by atoms with van der Waals surface area (Å²) in [6.07, 6.45) is 11.6. The number of allylic oxidation sites excluding steroid dienone is 2. The first-order valence-corrected chi connectivity index (χ1v) is 5.81. The highest BCUT2D eigenvalue weighted by atomic mass is 15.2. The van der Waals surface area contributed by atoms with E-state index in [1.807, 2.05) is 6.08 Å². The molecule has 3 atom stereocenters. The van der Waals surface area contributed by atoms with Crippen LogP contribution in [0.25, 0.3) is 0 Å². The molecule has 3 unspecified atom stereocenters. The largest absolute Gasteiger partial charge is 0.302 e. The Morgan fingerprint density at radius 2 is 2.27 bits per heavy atom. The molecule has 0 aromatic carbocycles. The monoisotopic (exact) mass is 203 g/mol. The highest BCUT2D eigenvalue weighted by Crippen LogP contribution is 2.48. The summed E-state index contributed by atoms with van der Waals surface area (Å²) in [6.45, 7) is 6.27. The highest BCUT2D eigenvalue weighted by molar-refractivity contribution is 5.37. The van der Waals surface area contributed by atoms with E-state index >= 15 is 0 Å². The number of hydrogen-bond donors (Lipinski definition) is 0. The molecule has 0 saturated carbocycles. The average Bonchev–Trinajstić information content (AvgIpc) is 2.53. The van der Waals surface area contributed by atoms with Gasteiger partial charge in [-0.15, -0.1) is 0 Å². The van der Waals surface area contributed by atoms with Crippen LogP contribution in [-0.2, 0) is 0 Å². The molecular formula is C14H21N. The second-order valence-electron chi connectivity index (χ2n) is 4.97. The lowest BCUT2D eigenvalue weighted by molar-refractivity contribution is 0.0762. The minimum Gasteiger partial charge on any atom is -0.302 e. The summed E-state index contributed by atoms with van der Waals surface area (Å²) in [5.41, 5.74) is 1.72. The van der Waals surface area contributed by atoms with Crippen LogP contribution < -0.4 is 0 Å². The van der Waals surface area contributed by atoms with Crippen LogP contribution in [0.3, 0.4) is 0 Å². The maximum absolute atomic E-state index is 3.93. The van der Waals surface area contributed by atoms with Crippen LogP contribution in [0, 0.1) is 11.8 Å². The smallest absolute Gasteiger partial charge is 0.0369 e. The first-order valence-electron chi connectivity index (χ1n) is 5.81. The fourth-order valence-electron chi connectivity index (χ4n) is 3.39. The zero-order valence-electron chi connectivity index (χ0n) is 10.0. The molecule has 0 heterocycles. The average molecular weight is 203 g/mol. The Balaban J connectivity index is 2.43. The van der Waals surface area contributed by atoms with Gasteiger partial charge >= 0.3 is 0 Å². The quantitative estimate of drug-likeness (QED) is 0.624. The van der Waals surface area contributed by atoms with Crippen molar-refractivity contribution in [2.24, 2.45) is 11.8 Å². The molecule has 0 amide bonds. The lowest BCUT2D eigenvalue weighted by Crippen LogP contribution is -2.52. The summed E-state index contributed by atoms with van der Waals surface area (Å²) in [5, 5.41) is 0. The van der Waals surface area contributed by atoms with Gasteiger partial charge in [0.15, 0.2) is 0 Å². The summed E-state index contributed by atoms with van der Waals surface area (Å²) in [7, 11) is 4.42. The van der Waals surface area contributed by atoms with E-state index in [1.54, 1.807) is 0 Å². The zero-order chi connectivity index (χ0) is 11.1. The molecule has 0 aromatic heterocycles. The Labute approximate surface area is 93.2 Å². The normalized spacial score (nSPS) is 39.1. The van der Waals surface area contributed by atoms with Gasteiger partial charge in [-0.05, 0) is 32.5 Å². The van der Waals surface area contributed by atoms with Crippen LogP contribution in [0.5, 0.6) is 0 Å². The van der Waals surface area contributed by atoms with E-state index in [4.69, 9.17) is 0 Å². The molecule has 0 N–H and O–H groups in total. The van der Waals surface area contributed by atoms with Gasteiger partial charge in [-0.3, -0.25) is 0 Å². The molecule has 1 heteroatoms. The molecule has 2 aliphatic rings. The van der Waals surface area contributed by atoms with Crippen LogP contribution in [-0.4, -0.2) is 24.5 Å². The van der Waals surface area contributed by atoms with E-state index in [0.29, 0.717) is 17.4 Å². The minimum atomic E-state index is 0.304. The van der Waals surface area contributed by atoms with Crippen LogP contribution >= 0.6 is 0 Å². The van der Waals surface area contributed by atoms with E-state index in [-0.39, 0.29) is 0 Å². The molecule has 0 aliphatic heterocycles. The van der Waals surface area contributed by atoms with Crippen molar-refractivity contribution in [2.75, 3.05) is 14.1 Å². The van der Waals surface area contributed by atoms with Crippen LogP contribution in [0.1, 0.15) is 19.8 Å². The SMILES string of the molecule is C=CC1=CC2C=CCCC2(N(C)C)C1C. The topological polar surface area (TPSA) is 3.24 Å². The first-order chi connectivity index (χ1) is 7.13. The van der Waals surface area contributed by atoms with Gasteiger partial charge in [-0.1, -0.05) is 37.8 Å². The third kappa shape index (κ3) is 1.33. The van der Waals surface area contributed by atoms with Crippen molar-refractivity contribution >= 4 is 0 Å². The van der Waals surface area contributed by atoms with E-state index < -0.39 is 0 Å². The predicted molar refractivity (Wildman–Crippen MR) is 65.7 cm³/mol. The number of nitrogens with zero attached hydrogens (tertiary/aromatic N) is 1. The summed E-state index contributed by atoms with van der Waals surface area (Å²) < 4.78 is 0. The summed E-state index contributed by atoms with van der Waals surface area (Å²) in [6, 6.07) is 0. The van der Waals surface area contributed by atoms with Gasteiger partial charge < -0.3 is 4.90 Å². The van der Waals surface area contributed by atoms with Crippen molar-refractivity contribution in [1.82, 2.24) is 4.90 Å². The minimum absolute atomic E-state index is 0.304. The molecule has 0 spiro atoms. The van der Waals surface area contributed by atoms with Gasteiger partial charge in [0.25, 0.3) is 0 Å². The Kier molecular flexibility index (Phi) is 2.59. The van der Waals surface area contributed by atoms with Crippen molar-refractivity contribution in [3.8, 4) is 0 Å². The van der Waals surface area contributed by atoms with Crippen molar-refractivity contribution in [1.29, 1.82) is 0 Å². The number of hydrogen-bond acceptors (Lipinski definition) is 1. The van der Waals surface area contributed by atoms with Crippen molar-refractivity contribution in [2.45, 2.75) is 25.3 Å². The standard InChI is InChI=1S/C14H21N/c1-5-12-10-13-8-6-7-9-14(13,11(12)2)15(3)4/h5-6,8,10-11,13H,1,7,9H2,2-4H3. The fraction of sp³-hybridized carbons (Fsp3) is 0.571. The summed E-state index contributed by atoms with van der Waals surface area (Å²) >= 11 is 0. The summed E-state index contributed by atoms with van der Waals surface area (Å²) in [5.74, 6) is 1.17. The molecule has 1 nitrogen and oxygen atoms in total. The number of rotatable bonds is 2. The predicted octanol–water partition coefficient (Wildman–Crippen LogP) is 3.02. The molecule has 0 aromatic rings. The molecule has 2 rings (SSSR count). The molecule has 0 fully saturated rings. The molecule has 0 saturated heterocycles. The lowest BCUT2D eigenvalue weighted by Gasteiger charge is -2.46. The van der Waals surface area contributed by atoms with Gasteiger partial charge in [-0.25, -0.2) is 0 Å². The maximum atomic E-state index is 3.93. The molecular weight excluding hydrogens is 182 g/mol. The maximum Gasteiger partial charge on any atom is 0.0369 e. The lowest BCUT2D eigenvalue weighted by atomic mass is 9.72. The second kappa shape index (κ2) is 3.64. The highest BCUT2D eigenvalue weighted by Gasteiger charge is 2.48. The summed E-state index contributed by atoms with van der Waals surface area (Å²) in [4.78, 5) is 2.42. The van der Waals surface area contributed by atoms with Crippen molar-refractivity contribution < 1.29 is 0 Å². The van der Waals surface area contributed by atoms with Gasteiger partial charge in [0.2, 0.25) is 0 Å². The third-order valence-electron chi connectivity index (χ3n) is 4.32. The van der Waals surface area contributed by atoms with E-state index in [1.165, 1.54) is 18.4 Å². The van der Waals surface area contributed by atoms with Crippen LogP contribution in [0.4, 0.5) is 0 Å². The Morgan fingerprint density at radius 1 is 1.53 bits per heavy atom. The zero-order valence-corrected chi connectivity index (χ0v) is 10.0. The van der Waals surface area contributed by atoms with Gasteiger partial charge in [0.05, 0.1) is 0 Å². The second-order valence-corrected chi connectivity index (χ2v) is 4.97. The number of fused-ring (bicyclic) bond motifs is 1. The van der Waals surface area contributed by atoms with E-state index in [0.717, 1.165) is 0 Å². The molecule has 2 aliphatic carbocycles. The Morgan fingerprint density at radius 3 is 2.80 bits per heavy atom. The molecule has 0 bridgehead atoms. The van der Waals surface area contributed by atoms with E-state index in [9.17, 15) is 0 Å². The molecule has 0 radical (unpaired) electrons. The molecule has 15 heavy (non-hydrogen) atoms. The first kappa shape index (κ1) is 10.7. The van der Waals surface area contributed by atoms with Gasteiger partial charge in [0.1, 0.15) is 0 Å². The van der Waals surface area contributed by atoms with Crippen molar-refractivity contribution in [3.05, 3.63) is 36.5 Å². The van der Waals surface area contributed by atoms with Gasteiger partial charge in [0, 0.05) is 17.4 Å². The Hall–Kier alpha value is -0.820. The van der Waals surface area contributed by atoms with Crippen molar-refractivity contribution in [3.63, 3.8) is 0 Å². The van der Waals surface area contributed by atoms with Crippen LogP contribution in [0.2, 0.25) is 0 Å². The van der Waals surface area contributed by atoms with E-state index in [2.05, 4.69) is 50.7 Å². The van der Waals surface area contributed by atoms with Crippen LogP contribution in [0.15, 0.2) is 36.5 Å². The fourth-order valence-corrected chi connectivity index (χ4v) is 3.39. The third-order valence-corrected chi connectivity index (χ3v) is 4.32. The Bertz CT molecular complexity index is 324. The molecule has 82 valence electrons.